The third-order valence-corrected chi connectivity index (χ3v) is 6.72. The first-order valence-electron chi connectivity index (χ1n) is 9.97. The molecule has 0 bridgehead atoms. The minimum absolute atomic E-state index is 0.254. The zero-order chi connectivity index (χ0) is 23.3. The van der Waals surface area contributed by atoms with Crippen molar-refractivity contribution in [2.45, 2.75) is 24.5 Å². The fourth-order valence-electron chi connectivity index (χ4n) is 4.11. The van der Waals surface area contributed by atoms with Gasteiger partial charge < -0.3 is 9.47 Å². The largest absolute Gasteiger partial charge is 0.416 e. The molecule has 2 aromatic carbocycles. The second-order valence-electron chi connectivity index (χ2n) is 8.03. The van der Waals surface area contributed by atoms with Gasteiger partial charge in [0.15, 0.2) is 5.00 Å². The van der Waals surface area contributed by atoms with Gasteiger partial charge in [-0.05, 0) is 47.5 Å². The maximum Gasteiger partial charge on any atom is 0.416 e. The van der Waals surface area contributed by atoms with E-state index in [2.05, 4.69) is 4.98 Å². The van der Waals surface area contributed by atoms with Gasteiger partial charge in [0.25, 0.3) is 0 Å². The summed E-state index contributed by atoms with van der Waals surface area (Å²) in [5.74, 6) is 0.623. The van der Waals surface area contributed by atoms with Crippen LogP contribution < -0.4 is 0 Å². The molecule has 0 radical (unpaired) electrons. The molecule has 1 aliphatic heterocycles. The summed E-state index contributed by atoms with van der Waals surface area (Å²) in [5, 5.41) is 0. The van der Waals surface area contributed by atoms with E-state index in [0.29, 0.717) is 47.5 Å². The monoisotopic (exact) mass is 484 g/mol. The van der Waals surface area contributed by atoms with Gasteiger partial charge in [-0.3, -0.25) is 4.79 Å². The van der Waals surface area contributed by atoms with Crippen LogP contribution in [-0.4, -0.2) is 44.9 Å². The number of piperazine rings is 1. The molecule has 1 aromatic heterocycles. The Hall–Kier alpha value is -2.29. The number of halogens is 5. The molecular formula is C22H21Cl2F3N4O. The second kappa shape index (κ2) is 8.24. The summed E-state index contributed by atoms with van der Waals surface area (Å²) in [6.45, 7) is 2.78. The van der Waals surface area contributed by atoms with E-state index in [0.717, 1.165) is 24.1 Å². The summed E-state index contributed by atoms with van der Waals surface area (Å²) >= 11 is 13.0. The Balaban J connectivity index is 1.70. The van der Waals surface area contributed by atoms with Crippen molar-refractivity contribution in [3.63, 3.8) is 0 Å². The van der Waals surface area contributed by atoms with Gasteiger partial charge in [0.1, 0.15) is 5.82 Å². The number of carbonyl (C=O) groups excluding carboxylic acids is 1. The number of imidazole rings is 1. The molecule has 1 aliphatic rings. The number of hydrogen-bond acceptors (Lipinski definition) is 3. The van der Waals surface area contributed by atoms with Gasteiger partial charge in [0.2, 0.25) is 6.41 Å². The molecule has 1 atom stereocenters. The standard InChI is InChI=1S/C22H21Cl2F3N4O/c1-14-8-17(22(25,26)27)11-18-20(14)28-19(29(18)2)10-15-4-3-5-16(9-15)21(23)12-31(24)7-6-30(21)13-32/h3-5,8-9,11,13H,6-7,10,12H2,1-2H3. The first-order valence-corrected chi connectivity index (χ1v) is 10.7. The third kappa shape index (κ3) is 4.07. The van der Waals surface area contributed by atoms with Crippen LogP contribution >= 0.6 is 23.4 Å². The molecular weight excluding hydrogens is 464 g/mol. The Morgan fingerprint density at radius 3 is 2.66 bits per heavy atom. The number of aromatic nitrogens is 2. The van der Waals surface area contributed by atoms with Crippen LogP contribution in [0.15, 0.2) is 36.4 Å². The van der Waals surface area contributed by atoms with E-state index in [9.17, 15) is 18.0 Å². The van der Waals surface area contributed by atoms with Gasteiger partial charge >= 0.3 is 6.18 Å². The highest BCUT2D eigenvalue weighted by Crippen LogP contribution is 2.37. The molecule has 1 saturated heterocycles. The normalized spacial score (nSPS) is 20.2. The second-order valence-corrected chi connectivity index (χ2v) is 9.13. The van der Waals surface area contributed by atoms with Crippen molar-refractivity contribution in [1.29, 1.82) is 0 Å². The lowest BCUT2D eigenvalue weighted by molar-refractivity contribution is -0.137. The van der Waals surface area contributed by atoms with Crippen molar-refractivity contribution in [2.24, 2.45) is 7.05 Å². The SMILES string of the molecule is Cc1cc(C(F)(F)F)cc2c1nc(Cc1cccc(C3(Cl)CN(Cl)CCN3C=O)c1)n2C. The molecule has 0 N–H and O–H groups in total. The van der Waals surface area contributed by atoms with Crippen LogP contribution in [0.1, 0.15) is 28.1 Å². The number of alkyl halides is 4. The smallest absolute Gasteiger partial charge is 0.331 e. The van der Waals surface area contributed by atoms with E-state index < -0.39 is 16.7 Å². The molecule has 1 unspecified atom stereocenters. The topological polar surface area (TPSA) is 41.4 Å². The fourth-order valence-corrected chi connectivity index (χ4v) is 4.81. The van der Waals surface area contributed by atoms with Gasteiger partial charge in [-0.25, -0.2) is 9.40 Å². The maximum atomic E-state index is 13.2. The van der Waals surface area contributed by atoms with Crippen LogP contribution in [0.5, 0.6) is 0 Å². The summed E-state index contributed by atoms with van der Waals surface area (Å²) < 4.78 is 43.0. The first kappa shape index (κ1) is 22.9. The van der Waals surface area contributed by atoms with Crippen molar-refractivity contribution in [1.82, 2.24) is 18.9 Å². The Bertz CT molecular complexity index is 1180. The van der Waals surface area contributed by atoms with Crippen molar-refractivity contribution < 1.29 is 18.0 Å². The minimum atomic E-state index is -4.42. The molecule has 3 aromatic rings. The highest BCUT2D eigenvalue weighted by molar-refractivity contribution is 6.25. The lowest BCUT2D eigenvalue weighted by Crippen LogP contribution is -2.54. The summed E-state index contributed by atoms with van der Waals surface area (Å²) in [4.78, 5) is 16.6. The number of nitrogens with zero attached hydrogens (tertiary/aromatic N) is 4. The Morgan fingerprint density at radius 2 is 1.97 bits per heavy atom. The summed E-state index contributed by atoms with van der Waals surface area (Å²) in [6, 6.07) is 9.68. The molecule has 170 valence electrons. The zero-order valence-corrected chi connectivity index (χ0v) is 19.0. The molecule has 0 spiro atoms. The van der Waals surface area contributed by atoms with E-state index >= 15 is 0 Å². The quantitative estimate of drug-likeness (QED) is 0.231. The summed E-state index contributed by atoms with van der Waals surface area (Å²) in [6.07, 6.45) is -3.32. The molecule has 0 aliphatic carbocycles. The van der Waals surface area contributed by atoms with E-state index in [-0.39, 0.29) is 6.54 Å². The molecule has 32 heavy (non-hydrogen) atoms. The number of aryl methyl sites for hydroxylation is 2. The van der Waals surface area contributed by atoms with Gasteiger partial charge in [-0.2, -0.15) is 13.2 Å². The number of amides is 1. The number of carbonyl (C=O) groups is 1. The molecule has 1 fully saturated rings. The maximum absolute atomic E-state index is 13.2. The van der Waals surface area contributed by atoms with Crippen molar-refractivity contribution in [2.75, 3.05) is 19.6 Å². The predicted octanol–water partition coefficient (Wildman–Crippen LogP) is 4.81. The predicted molar refractivity (Wildman–Crippen MR) is 117 cm³/mol. The lowest BCUT2D eigenvalue weighted by Gasteiger charge is -2.43. The molecule has 2 heterocycles. The van der Waals surface area contributed by atoms with E-state index in [1.165, 1.54) is 4.90 Å². The molecule has 1 amide bonds. The number of fused-ring (bicyclic) bond motifs is 1. The number of rotatable bonds is 4. The number of hydrogen-bond donors (Lipinski definition) is 0. The van der Waals surface area contributed by atoms with Crippen LogP contribution in [0.3, 0.4) is 0 Å². The molecule has 10 heteroatoms. The Kier molecular flexibility index (Phi) is 5.90. The number of benzene rings is 2. The molecule has 5 nitrogen and oxygen atoms in total. The highest BCUT2D eigenvalue weighted by Gasteiger charge is 2.41. The molecule has 0 saturated carbocycles. The minimum Gasteiger partial charge on any atom is -0.331 e. The van der Waals surface area contributed by atoms with E-state index in [4.69, 9.17) is 23.4 Å². The zero-order valence-electron chi connectivity index (χ0n) is 17.5. The summed E-state index contributed by atoms with van der Waals surface area (Å²) in [7, 11) is 1.71. The van der Waals surface area contributed by atoms with Crippen LogP contribution in [0, 0.1) is 6.92 Å². The Morgan fingerprint density at radius 1 is 1.22 bits per heavy atom. The van der Waals surface area contributed by atoms with Crippen LogP contribution in [0.4, 0.5) is 13.2 Å². The van der Waals surface area contributed by atoms with Gasteiger partial charge in [0.05, 0.1) is 23.1 Å². The Labute approximate surface area is 193 Å². The fraction of sp³-hybridized carbons (Fsp3) is 0.364. The van der Waals surface area contributed by atoms with Gasteiger partial charge in [-0.1, -0.05) is 35.9 Å². The third-order valence-electron chi connectivity index (χ3n) is 5.88. The van der Waals surface area contributed by atoms with Gasteiger partial charge in [0, 0.05) is 26.6 Å². The van der Waals surface area contributed by atoms with Crippen LogP contribution in [0.25, 0.3) is 11.0 Å². The summed E-state index contributed by atoms with van der Waals surface area (Å²) in [5.41, 5.74) is 2.32. The van der Waals surface area contributed by atoms with Crippen LogP contribution in [-0.2, 0) is 29.4 Å². The highest BCUT2D eigenvalue weighted by atomic mass is 35.5. The van der Waals surface area contributed by atoms with E-state index in [1.807, 2.05) is 24.3 Å². The van der Waals surface area contributed by atoms with E-state index in [1.54, 1.807) is 23.0 Å². The van der Waals surface area contributed by atoms with Crippen molar-refractivity contribution in [3.05, 3.63) is 64.5 Å². The first-order chi connectivity index (χ1) is 15.0. The lowest BCUT2D eigenvalue weighted by atomic mass is 9.99. The average molecular weight is 485 g/mol. The van der Waals surface area contributed by atoms with Crippen LogP contribution in [0.2, 0.25) is 0 Å². The van der Waals surface area contributed by atoms with Crippen molar-refractivity contribution in [3.8, 4) is 0 Å². The molecule has 4 rings (SSSR count). The average Bonchev–Trinajstić information content (AvgIpc) is 3.04. The van der Waals surface area contributed by atoms with Crippen molar-refractivity contribution >= 4 is 40.8 Å². The van der Waals surface area contributed by atoms with Gasteiger partial charge in [-0.15, -0.1) is 0 Å².